The number of carbonyl (C=O) groups is 2. The van der Waals surface area contributed by atoms with E-state index in [-0.39, 0.29) is 5.91 Å². The molecule has 0 atom stereocenters. The smallest absolute Gasteiger partial charge is 0.329 e. The quantitative estimate of drug-likeness (QED) is 0.716. The monoisotopic (exact) mass is 259 g/mol. The minimum atomic E-state index is -0.998. The number of carboxylic acids is 1. The van der Waals surface area contributed by atoms with Crippen LogP contribution in [0, 0.1) is 0 Å². The standard InChI is InChI=1S/C12H21NO3S/c1-2-8-17-9-10(14)13-12(11(15)16)6-4-3-5-7-12/h2-9H2,1H3,(H,13,14)(H,15,16). The van der Waals surface area contributed by atoms with Crippen molar-refractivity contribution in [1.82, 2.24) is 5.32 Å². The van der Waals surface area contributed by atoms with Gasteiger partial charge >= 0.3 is 5.97 Å². The number of nitrogens with one attached hydrogen (secondary N) is 1. The Morgan fingerprint density at radius 2 is 1.94 bits per heavy atom. The van der Waals surface area contributed by atoms with Crippen LogP contribution in [0.3, 0.4) is 0 Å². The molecule has 5 heteroatoms. The van der Waals surface area contributed by atoms with Crippen molar-refractivity contribution in [2.45, 2.75) is 51.0 Å². The molecule has 17 heavy (non-hydrogen) atoms. The number of hydrogen-bond acceptors (Lipinski definition) is 3. The van der Waals surface area contributed by atoms with Gasteiger partial charge in [-0.2, -0.15) is 11.8 Å². The van der Waals surface area contributed by atoms with Crippen LogP contribution in [0.4, 0.5) is 0 Å². The van der Waals surface area contributed by atoms with Crippen molar-refractivity contribution in [3.8, 4) is 0 Å². The van der Waals surface area contributed by atoms with Crippen LogP contribution < -0.4 is 5.32 Å². The summed E-state index contributed by atoms with van der Waals surface area (Å²) < 4.78 is 0. The molecule has 0 radical (unpaired) electrons. The molecule has 0 unspecified atom stereocenters. The molecule has 0 saturated heterocycles. The molecule has 0 spiro atoms. The third-order valence-electron chi connectivity index (χ3n) is 3.08. The molecule has 98 valence electrons. The van der Waals surface area contributed by atoms with Crippen LogP contribution >= 0.6 is 11.8 Å². The summed E-state index contributed by atoms with van der Waals surface area (Å²) in [5, 5.41) is 12.0. The summed E-state index contributed by atoms with van der Waals surface area (Å²) >= 11 is 1.56. The average molecular weight is 259 g/mol. The third-order valence-corrected chi connectivity index (χ3v) is 4.24. The van der Waals surface area contributed by atoms with Crippen molar-refractivity contribution in [3.63, 3.8) is 0 Å². The normalized spacial score (nSPS) is 18.6. The Bertz CT molecular complexity index is 275. The van der Waals surface area contributed by atoms with Crippen molar-refractivity contribution >= 4 is 23.6 Å². The Labute approximate surface area is 107 Å². The first-order valence-corrected chi connectivity index (χ1v) is 7.38. The Morgan fingerprint density at radius 1 is 1.29 bits per heavy atom. The van der Waals surface area contributed by atoms with E-state index in [0.29, 0.717) is 18.6 Å². The maximum atomic E-state index is 11.7. The molecule has 0 heterocycles. The first-order valence-electron chi connectivity index (χ1n) is 6.23. The second-order valence-electron chi connectivity index (χ2n) is 4.55. The fourth-order valence-electron chi connectivity index (χ4n) is 2.16. The summed E-state index contributed by atoms with van der Waals surface area (Å²) in [4.78, 5) is 23.0. The van der Waals surface area contributed by atoms with E-state index in [1.54, 1.807) is 11.8 Å². The molecule has 1 amide bonds. The van der Waals surface area contributed by atoms with Crippen LogP contribution in [-0.2, 0) is 9.59 Å². The minimum absolute atomic E-state index is 0.146. The van der Waals surface area contributed by atoms with E-state index in [2.05, 4.69) is 12.2 Å². The number of hydrogen-bond donors (Lipinski definition) is 2. The second kappa shape index (κ2) is 6.89. The summed E-state index contributed by atoms with van der Waals surface area (Å²) in [6.45, 7) is 2.06. The molecule has 4 nitrogen and oxygen atoms in total. The fourth-order valence-corrected chi connectivity index (χ4v) is 2.85. The maximum absolute atomic E-state index is 11.7. The van der Waals surface area contributed by atoms with Gasteiger partial charge in [0, 0.05) is 0 Å². The lowest BCUT2D eigenvalue weighted by Crippen LogP contribution is -2.56. The highest BCUT2D eigenvalue weighted by Gasteiger charge is 2.40. The maximum Gasteiger partial charge on any atom is 0.329 e. The molecule has 1 aliphatic carbocycles. The highest BCUT2D eigenvalue weighted by atomic mass is 32.2. The van der Waals surface area contributed by atoms with Crippen LogP contribution in [0.2, 0.25) is 0 Å². The van der Waals surface area contributed by atoms with E-state index < -0.39 is 11.5 Å². The lowest BCUT2D eigenvalue weighted by molar-refractivity contribution is -0.148. The van der Waals surface area contributed by atoms with Gasteiger partial charge in [0.15, 0.2) is 0 Å². The Balaban J connectivity index is 2.48. The van der Waals surface area contributed by atoms with Crippen molar-refractivity contribution in [2.24, 2.45) is 0 Å². The second-order valence-corrected chi connectivity index (χ2v) is 5.65. The molecule has 1 rings (SSSR count). The van der Waals surface area contributed by atoms with Gasteiger partial charge in [-0.3, -0.25) is 4.79 Å². The van der Waals surface area contributed by atoms with E-state index in [1.807, 2.05) is 0 Å². The van der Waals surface area contributed by atoms with Crippen LogP contribution in [0.15, 0.2) is 0 Å². The molecule has 2 N–H and O–H groups in total. The van der Waals surface area contributed by atoms with Crippen molar-refractivity contribution in [3.05, 3.63) is 0 Å². The lowest BCUT2D eigenvalue weighted by Gasteiger charge is -2.33. The van der Waals surface area contributed by atoms with Gasteiger partial charge in [-0.1, -0.05) is 26.2 Å². The highest BCUT2D eigenvalue weighted by molar-refractivity contribution is 7.99. The number of carbonyl (C=O) groups excluding carboxylic acids is 1. The van der Waals surface area contributed by atoms with Gasteiger partial charge in [-0.15, -0.1) is 0 Å². The van der Waals surface area contributed by atoms with E-state index >= 15 is 0 Å². The third kappa shape index (κ3) is 4.22. The van der Waals surface area contributed by atoms with Gasteiger partial charge < -0.3 is 10.4 Å². The fraction of sp³-hybridized carbons (Fsp3) is 0.833. The van der Waals surface area contributed by atoms with Gasteiger partial charge in [0.1, 0.15) is 5.54 Å². The first kappa shape index (κ1) is 14.4. The molecular formula is C12H21NO3S. The van der Waals surface area contributed by atoms with Gasteiger partial charge in [0.2, 0.25) is 5.91 Å². The van der Waals surface area contributed by atoms with Crippen LogP contribution in [0.5, 0.6) is 0 Å². The first-order chi connectivity index (χ1) is 8.10. The number of carboxylic acid groups (broad SMARTS) is 1. The predicted octanol–water partition coefficient (Wildman–Crippen LogP) is 2.03. The molecular weight excluding hydrogens is 238 g/mol. The summed E-state index contributed by atoms with van der Waals surface area (Å²) in [5.41, 5.74) is -0.998. The van der Waals surface area contributed by atoms with Gasteiger partial charge in [-0.25, -0.2) is 4.79 Å². The molecule has 1 aliphatic rings. The molecule has 0 aromatic carbocycles. The van der Waals surface area contributed by atoms with E-state index in [1.165, 1.54) is 0 Å². The van der Waals surface area contributed by atoms with Gasteiger partial charge in [-0.05, 0) is 25.0 Å². The van der Waals surface area contributed by atoms with Crippen molar-refractivity contribution in [2.75, 3.05) is 11.5 Å². The zero-order valence-corrected chi connectivity index (χ0v) is 11.1. The number of aliphatic carboxylic acids is 1. The Kier molecular flexibility index (Phi) is 5.82. The summed E-state index contributed by atoms with van der Waals surface area (Å²) in [7, 11) is 0. The average Bonchev–Trinajstić information content (AvgIpc) is 2.30. The van der Waals surface area contributed by atoms with Crippen LogP contribution in [-0.4, -0.2) is 34.0 Å². The topological polar surface area (TPSA) is 66.4 Å². The zero-order chi connectivity index (χ0) is 12.7. The largest absolute Gasteiger partial charge is 0.480 e. The van der Waals surface area contributed by atoms with E-state index in [9.17, 15) is 14.7 Å². The zero-order valence-electron chi connectivity index (χ0n) is 10.3. The predicted molar refractivity (Wildman–Crippen MR) is 69.2 cm³/mol. The van der Waals surface area contributed by atoms with E-state index in [0.717, 1.165) is 31.4 Å². The summed E-state index contributed by atoms with van der Waals surface area (Å²) in [6.07, 6.45) is 4.99. The van der Waals surface area contributed by atoms with Crippen LogP contribution in [0.25, 0.3) is 0 Å². The van der Waals surface area contributed by atoms with Crippen LogP contribution in [0.1, 0.15) is 45.4 Å². The number of thioether (sulfide) groups is 1. The number of rotatable bonds is 6. The van der Waals surface area contributed by atoms with Crippen molar-refractivity contribution in [1.29, 1.82) is 0 Å². The Hall–Kier alpha value is -0.710. The molecule has 1 fully saturated rings. The molecule has 1 saturated carbocycles. The molecule has 0 aliphatic heterocycles. The molecule has 0 bridgehead atoms. The number of amides is 1. The van der Waals surface area contributed by atoms with Gasteiger partial charge in [0.25, 0.3) is 0 Å². The molecule has 0 aromatic rings. The molecule has 0 aromatic heterocycles. The van der Waals surface area contributed by atoms with Crippen molar-refractivity contribution < 1.29 is 14.7 Å². The highest BCUT2D eigenvalue weighted by Crippen LogP contribution is 2.28. The SMILES string of the molecule is CCCSCC(=O)NC1(C(=O)O)CCCCC1. The minimum Gasteiger partial charge on any atom is -0.480 e. The lowest BCUT2D eigenvalue weighted by atomic mass is 9.81. The summed E-state index contributed by atoms with van der Waals surface area (Å²) in [6, 6.07) is 0. The summed E-state index contributed by atoms with van der Waals surface area (Å²) in [5.74, 6) is 0.273. The Morgan fingerprint density at radius 3 is 2.47 bits per heavy atom. The van der Waals surface area contributed by atoms with Gasteiger partial charge in [0.05, 0.1) is 5.75 Å². The van der Waals surface area contributed by atoms with E-state index in [4.69, 9.17) is 0 Å².